The number of carbonyl (C=O) groups is 7. The number of amides is 7. The number of fused-ring (bicyclic) bond motifs is 4. The summed E-state index contributed by atoms with van der Waals surface area (Å²) in [5, 5.41) is 15.5. The molecule has 5 aromatic rings. The Morgan fingerprint density at radius 2 is 1.33 bits per heavy atom. The fourth-order valence-electron chi connectivity index (χ4n) is 10.3. The molecule has 76 heavy (non-hydrogen) atoms. The Balaban J connectivity index is 1.37. The summed E-state index contributed by atoms with van der Waals surface area (Å²) in [6.07, 6.45) is 10.2. The lowest BCUT2D eigenvalue weighted by molar-refractivity contribution is -0.150. The molecule has 2 aromatic carbocycles. The number of hydrogen-bond acceptors (Lipinski definition) is 9. The molecule has 2 bridgehead atoms. The SMILES string of the molecule is C=CC(C)(C)n1cc(C[C@@H]2NC(=O)[C@H](Cc3ccccc3)NC(=O)[C@H](CC(C)C)N3CC/C=C\C[C@@H](C3=O)N(C)C(=O)[C@H](C)NC(=O)C(Cc3cnc4sccc4c3)NC(=O)[C@H](CC(C)C)N(C)C2=O)c2ccccc21. The third-order valence-electron chi connectivity index (χ3n) is 14.7. The Morgan fingerprint density at radius 1 is 0.711 bits per heavy atom. The highest BCUT2D eigenvalue weighted by molar-refractivity contribution is 7.16. The number of benzene rings is 2. The van der Waals surface area contributed by atoms with Gasteiger partial charge < -0.3 is 40.5 Å². The quantitative estimate of drug-likeness (QED) is 0.102. The van der Waals surface area contributed by atoms with Gasteiger partial charge in [-0.2, -0.15) is 0 Å². The van der Waals surface area contributed by atoms with Crippen LogP contribution >= 0.6 is 11.3 Å². The second kappa shape index (κ2) is 24.7. The van der Waals surface area contributed by atoms with Crippen LogP contribution in [-0.2, 0) is 58.4 Å². The number of rotatable bonds is 12. The molecule has 2 aliphatic rings. The summed E-state index contributed by atoms with van der Waals surface area (Å²) in [6, 6.07) is 12.7. The van der Waals surface area contributed by atoms with Crippen molar-refractivity contribution in [1.82, 2.24) is 45.5 Å². The van der Waals surface area contributed by atoms with E-state index in [4.69, 9.17) is 0 Å². The molecular weight excluding hydrogens is 979 g/mol. The summed E-state index contributed by atoms with van der Waals surface area (Å²) in [7, 11) is 3.03. The van der Waals surface area contributed by atoms with Crippen LogP contribution in [0.4, 0.5) is 0 Å². The topological polar surface area (TPSA) is 195 Å². The van der Waals surface area contributed by atoms with E-state index in [2.05, 4.69) is 37.4 Å². The van der Waals surface area contributed by atoms with Gasteiger partial charge in [-0.25, -0.2) is 4.98 Å². The van der Waals surface area contributed by atoms with Crippen molar-refractivity contribution in [2.75, 3.05) is 20.6 Å². The van der Waals surface area contributed by atoms with Crippen LogP contribution < -0.4 is 21.3 Å². The summed E-state index contributed by atoms with van der Waals surface area (Å²) >= 11 is 1.47. The highest BCUT2D eigenvalue weighted by Crippen LogP contribution is 2.30. The highest BCUT2D eigenvalue weighted by atomic mass is 32.1. The molecule has 0 saturated carbocycles. The van der Waals surface area contributed by atoms with Crippen molar-refractivity contribution in [2.24, 2.45) is 11.8 Å². The standard InChI is InChI=1S/C59H75N9O7S/c1-11-59(7,8)68-35-42(43-22-17-18-23-47(43)68)33-46-57(74)66(10)49(28-36(2)3)53(71)62-45(32-40-30-41-25-27-76-55(41)60-34-40)51(69)61-38(6)56(73)65(9)48-24-16-13-19-26-67(58(48)75)50(29-37(4)5)54(72)63-44(52(70)64-46)31-39-20-14-12-15-21-39/h11-18,20-23,25,27,30,34-38,44-46,48-50H,1,19,24,26,28-29,31-33H2,2-10H3,(H,61,69)(H,62,71)(H,63,72)(H,64,70)/b16-13-/t38-,44-,45?,46-,48-,49-,50-/m0/s1. The number of thiophene rings is 1. The molecule has 1 saturated heterocycles. The Kier molecular flexibility index (Phi) is 18.4. The number of likely N-dealkylation sites (N-methyl/N-ethyl adjacent to an activating group) is 2. The molecule has 0 radical (unpaired) electrons. The number of carbonyl (C=O) groups excluding carboxylic acids is 7. The molecule has 0 aliphatic carbocycles. The van der Waals surface area contributed by atoms with Crippen molar-refractivity contribution in [3.05, 3.63) is 126 Å². The third kappa shape index (κ3) is 13.3. The lowest BCUT2D eigenvalue weighted by Crippen LogP contribution is -2.61. The van der Waals surface area contributed by atoms with Gasteiger partial charge in [-0.15, -0.1) is 17.9 Å². The lowest BCUT2D eigenvalue weighted by Gasteiger charge is -2.38. The minimum Gasteiger partial charge on any atom is -0.343 e. The van der Waals surface area contributed by atoms with Crippen molar-refractivity contribution in [1.29, 1.82) is 0 Å². The highest BCUT2D eigenvalue weighted by Gasteiger charge is 2.41. The molecule has 7 rings (SSSR count). The molecule has 1 fully saturated rings. The fourth-order valence-corrected chi connectivity index (χ4v) is 11.0. The van der Waals surface area contributed by atoms with Gasteiger partial charge in [0.05, 0.1) is 5.54 Å². The van der Waals surface area contributed by atoms with Crippen LogP contribution in [0.2, 0.25) is 0 Å². The number of para-hydroxylation sites is 1. The first-order chi connectivity index (χ1) is 36.2. The first-order valence-corrected chi connectivity index (χ1v) is 27.3. The van der Waals surface area contributed by atoms with Crippen LogP contribution in [-0.4, -0.2) is 129 Å². The van der Waals surface area contributed by atoms with Gasteiger partial charge in [0.15, 0.2) is 0 Å². The van der Waals surface area contributed by atoms with Crippen molar-refractivity contribution >= 4 is 73.8 Å². The summed E-state index contributed by atoms with van der Waals surface area (Å²) in [5.41, 5.74) is 2.47. The number of nitrogens with one attached hydrogen (secondary N) is 4. The van der Waals surface area contributed by atoms with Gasteiger partial charge in [0.25, 0.3) is 0 Å². The maximum Gasteiger partial charge on any atom is 0.246 e. The molecule has 0 spiro atoms. The first-order valence-electron chi connectivity index (χ1n) is 26.5. The van der Waals surface area contributed by atoms with E-state index in [0.29, 0.717) is 12.0 Å². The van der Waals surface area contributed by atoms with Crippen molar-refractivity contribution in [3.8, 4) is 0 Å². The molecule has 1 unspecified atom stereocenters. The third-order valence-corrected chi connectivity index (χ3v) is 15.5. The number of aromatic nitrogens is 2. The monoisotopic (exact) mass is 1050 g/mol. The molecule has 404 valence electrons. The Hall–Kier alpha value is -7.14. The number of hydrogen-bond donors (Lipinski definition) is 4. The molecule has 5 heterocycles. The Bertz CT molecular complexity index is 2960. The van der Waals surface area contributed by atoms with Gasteiger partial charge in [0.2, 0.25) is 41.4 Å². The van der Waals surface area contributed by atoms with Crippen molar-refractivity contribution in [3.63, 3.8) is 0 Å². The summed E-state index contributed by atoms with van der Waals surface area (Å²) < 4.78 is 2.08. The van der Waals surface area contributed by atoms with E-state index in [0.717, 1.165) is 32.2 Å². The van der Waals surface area contributed by atoms with E-state index in [-0.39, 0.29) is 56.9 Å². The van der Waals surface area contributed by atoms with Crippen LogP contribution in [0, 0.1) is 11.8 Å². The van der Waals surface area contributed by atoms with Crippen LogP contribution in [0.15, 0.2) is 109 Å². The van der Waals surface area contributed by atoms with Gasteiger partial charge in [-0.05, 0) is 98.6 Å². The Labute approximate surface area is 450 Å². The molecular formula is C59H75N9O7S. The lowest BCUT2D eigenvalue weighted by atomic mass is 9.97. The molecule has 2 aliphatic heterocycles. The van der Waals surface area contributed by atoms with Gasteiger partial charge in [-0.1, -0.05) is 94.5 Å². The average molecular weight is 1050 g/mol. The smallest absolute Gasteiger partial charge is 0.246 e. The van der Waals surface area contributed by atoms with Crippen LogP contribution in [0.5, 0.6) is 0 Å². The van der Waals surface area contributed by atoms with Gasteiger partial charge >= 0.3 is 0 Å². The molecule has 7 atom stereocenters. The molecule has 17 heteroatoms. The zero-order valence-corrected chi connectivity index (χ0v) is 46.2. The fraction of sp³-hybridized carbons (Fsp3) is 0.458. The second-order valence-corrected chi connectivity index (χ2v) is 22.7. The largest absolute Gasteiger partial charge is 0.343 e. The van der Waals surface area contributed by atoms with E-state index in [1.54, 1.807) is 6.20 Å². The number of pyridine rings is 1. The predicted octanol–water partition coefficient (Wildman–Crippen LogP) is 6.47. The number of nitrogens with zero attached hydrogens (tertiary/aromatic N) is 5. The summed E-state index contributed by atoms with van der Waals surface area (Å²) in [5.74, 6) is -4.30. The van der Waals surface area contributed by atoms with Gasteiger partial charge in [0.1, 0.15) is 47.1 Å². The number of allylic oxidation sites excluding steroid dienone is 1. The maximum atomic E-state index is 15.6. The van der Waals surface area contributed by atoms with Crippen LogP contribution in [0.25, 0.3) is 21.1 Å². The van der Waals surface area contributed by atoms with Crippen molar-refractivity contribution < 1.29 is 33.6 Å². The van der Waals surface area contributed by atoms with E-state index >= 15 is 19.2 Å². The molecule has 16 nitrogen and oxygen atoms in total. The summed E-state index contributed by atoms with van der Waals surface area (Å²) in [6.45, 7) is 17.6. The average Bonchev–Trinajstić information content (AvgIpc) is 4.02. The summed E-state index contributed by atoms with van der Waals surface area (Å²) in [4.78, 5) is 115. The zero-order chi connectivity index (χ0) is 55.0. The minimum atomic E-state index is -1.28. The zero-order valence-electron chi connectivity index (χ0n) is 45.4. The van der Waals surface area contributed by atoms with Crippen LogP contribution in [0.3, 0.4) is 0 Å². The first kappa shape index (κ1) is 56.6. The minimum absolute atomic E-state index is 0.00659. The molecule has 3 aromatic heterocycles. The second-order valence-electron chi connectivity index (χ2n) is 21.8. The van der Waals surface area contributed by atoms with E-state index in [1.807, 2.05) is 138 Å². The van der Waals surface area contributed by atoms with E-state index in [1.165, 1.54) is 47.1 Å². The normalized spacial score (nSPS) is 23.7. The molecule has 7 amide bonds. The van der Waals surface area contributed by atoms with E-state index < -0.39 is 89.2 Å². The molecule has 4 N–H and O–H groups in total. The van der Waals surface area contributed by atoms with Gasteiger partial charge in [-0.3, -0.25) is 33.6 Å². The predicted molar refractivity (Wildman–Crippen MR) is 298 cm³/mol. The van der Waals surface area contributed by atoms with Gasteiger partial charge in [0, 0.05) is 68.6 Å². The maximum absolute atomic E-state index is 15.6. The van der Waals surface area contributed by atoms with E-state index in [9.17, 15) is 14.4 Å². The van der Waals surface area contributed by atoms with Crippen LogP contribution in [0.1, 0.15) is 90.8 Å². The van der Waals surface area contributed by atoms with Crippen molar-refractivity contribution in [2.45, 2.75) is 141 Å². The Morgan fingerprint density at radius 3 is 2.01 bits per heavy atom.